The van der Waals surface area contributed by atoms with Crippen molar-refractivity contribution in [3.8, 4) is 16.9 Å². The zero-order chi connectivity index (χ0) is 14.5. The van der Waals surface area contributed by atoms with Crippen LogP contribution in [0.15, 0.2) is 42.5 Å². The van der Waals surface area contributed by atoms with Gasteiger partial charge in [-0.05, 0) is 30.2 Å². The summed E-state index contributed by atoms with van der Waals surface area (Å²) < 4.78 is 5.24. The van der Waals surface area contributed by atoms with Gasteiger partial charge < -0.3 is 10.5 Å². The normalized spacial score (nSPS) is 10.3. The molecule has 0 unspecified atom stereocenters. The fraction of sp³-hybridized carbons (Fsp3) is 0.200. The van der Waals surface area contributed by atoms with Gasteiger partial charge in [0.25, 0.3) is 5.69 Å². The summed E-state index contributed by atoms with van der Waals surface area (Å²) in [6.45, 7) is 0.611. The molecule has 0 aliphatic carbocycles. The van der Waals surface area contributed by atoms with E-state index in [1.165, 1.54) is 19.2 Å². The molecule has 0 heterocycles. The third-order valence-electron chi connectivity index (χ3n) is 3.09. The standard InChI is InChI=1S/C15H16N2O3/c1-20-15-10-13(17(18)19)6-7-14(15)12-4-2-11(3-5-12)8-9-16/h2-7,10H,8-9,16H2,1H3. The Hall–Kier alpha value is -2.40. The number of nitrogens with zero attached hydrogens (tertiary/aromatic N) is 1. The van der Waals surface area contributed by atoms with E-state index in [0.29, 0.717) is 12.3 Å². The van der Waals surface area contributed by atoms with Crippen molar-refractivity contribution in [1.82, 2.24) is 0 Å². The minimum Gasteiger partial charge on any atom is -0.496 e. The molecule has 0 radical (unpaired) electrons. The zero-order valence-corrected chi connectivity index (χ0v) is 11.2. The second kappa shape index (κ2) is 6.16. The molecule has 20 heavy (non-hydrogen) atoms. The van der Waals surface area contributed by atoms with Crippen LogP contribution in [0.2, 0.25) is 0 Å². The van der Waals surface area contributed by atoms with Crippen molar-refractivity contribution in [2.75, 3.05) is 13.7 Å². The van der Waals surface area contributed by atoms with E-state index >= 15 is 0 Å². The molecule has 2 N–H and O–H groups in total. The fourth-order valence-electron chi connectivity index (χ4n) is 2.05. The van der Waals surface area contributed by atoms with Crippen LogP contribution >= 0.6 is 0 Å². The first-order valence-electron chi connectivity index (χ1n) is 6.27. The molecule has 0 bridgehead atoms. The van der Waals surface area contributed by atoms with Gasteiger partial charge in [-0.3, -0.25) is 10.1 Å². The van der Waals surface area contributed by atoms with Gasteiger partial charge in [-0.1, -0.05) is 24.3 Å². The lowest BCUT2D eigenvalue weighted by Gasteiger charge is -2.09. The first-order valence-corrected chi connectivity index (χ1v) is 6.27. The number of rotatable bonds is 5. The van der Waals surface area contributed by atoms with Crippen molar-refractivity contribution in [2.45, 2.75) is 6.42 Å². The van der Waals surface area contributed by atoms with Gasteiger partial charge in [0.2, 0.25) is 0 Å². The molecule has 2 aromatic carbocycles. The van der Waals surface area contributed by atoms with Crippen LogP contribution in [-0.4, -0.2) is 18.6 Å². The Morgan fingerprint density at radius 3 is 2.45 bits per heavy atom. The summed E-state index contributed by atoms with van der Waals surface area (Å²) in [7, 11) is 1.51. The van der Waals surface area contributed by atoms with E-state index in [1.54, 1.807) is 6.07 Å². The van der Waals surface area contributed by atoms with Crippen molar-refractivity contribution >= 4 is 5.69 Å². The predicted molar refractivity (Wildman–Crippen MR) is 77.8 cm³/mol. The SMILES string of the molecule is COc1cc([N+](=O)[O-])ccc1-c1ccc(CCN)cc1. The Bertz CT molecular complexity index is 609. The summed E-state index contributed by atoms with van der Waals surface area (Å²) in [6, 6.07) is 12.6. The van der Waals surface area contributed by atoms with Gasteiger partial charge >= 0.3 is 0 Å². The molecule has 0 fully saturated rings. The predicted octanol–water partition coefficient (Wildman–Crippen LogP) is 2.77. The van der Waals surface area contributed by atoms with Crippen molar-refractivity contribution in [2.24, 2.45) is 5.73 Å². The number of non-ortho nitro benzene ring substituents is 1. The molecule has 104 valence electrons. The van der Waals surface area contributed by atoms with E-state index in [1.807, 2.05) is 24.3 Å². The molecule has 0 amide bonds. The van der Waals surface area contributed by atoms with Crippen molar-refractivity contribution in [3.63, 3.8) is 0 Å². The van der Waals surface area contributed by atoms with E-state index in [2.05, 4.69) is 0 Å². The van der Waals surface area contributed by atoms with Crippen LogP contribution < -0.4 is 10.5 Å². The highest BCUT2D eigenvalue weighted by molar-refractivity contribution is 5.72. The average molecular weight is 272 g/mol. The first-order chi connectivity index (χ1) is 9.65. The largest absolute Gasteiger partial charge is 0.496 e. The van der Waals surface area contributed by atoms with Gasteiger partial charge in [-0.25, -0.2) is 0 Å². The van der Waals surface area contributed by atoms with Crippen LogP contribution in [0.25, 0.3) is 11.1 Å². The lowest BCUT2D eigenvalue weighted by atomic mass is 10.0. The fourth-order valence-corrected chi connectivity index (χ4v) is 2.05. The van der Waals surface area contributed by atoms with Crippen LogP contribution in [0.1, 0.15) is 5.56 Å². The lowest BCUT2D eigenvalue weighted by molar-refractivity contribution is -0.384. The summed E-state index contributed by atoms with van der Waals surface area (Å²) in [5.41, 5.74) is 8.49. The second-order valence-corrected chi connectivity index (χ2v) is 4.38. The van der Waals surface area contributed by atoms with Crippen molar-refractivity contribution < 1.29 is 9.66 Å². The summed E-state index contributed by atoms with van der Waals surface area (Å²) in [5.74, 6) is 0.491. The third kappa shape index (κ3) is 2.95. The summed E-state index contributed by atoms with van der Waals surface area (Å²) >= 11 is 0. The van der Waals surface area contributed by atoms with Crippen LogP contribution in [0.5, 0.6) is 5.75 Å². The number of hydrogen-bond acceptors (Lipinski definition) is 4. The molecular weight excluding hydrogens is 256 g/mol. The second-order valence-electron chi connectivity index (χ2n) is 4.38. The van der Waals surface area contributed by atoms with Crippen LogP contribution in [0, 0.1) is 10.1 Å². The van der Waals surface area contributed by atoms with Gasteiger partial charge in [0.15, 0.2) is 0 Å². The summed E-state index contributed by atoms with van der Waals surface area (Å²) in [5, 5.41) is 10.8. The highest BCUT2D eigenvalue weighted by atomic mass is 16.6. The number of nitro groups is 1. The van der Waals surface area contributed by atoms with Crippen molar-refractivity contribution in [1.29, 1.82) is 0 Å². The number of nitrogens with two attached hydrogens (primary N) is 1. The molecule has 5 heteroatoms. The monoisotopic (exact) mass is 272 g/mol. The molecule has 0 aliphatic heterocycles. The molecule has 2 aromatic rings. The van der Waals surface area contributed by atoms with E-state index < -0.39 is 4.92 Å². The van der Waals surface area contributed by atoms with Gasteiger partial charge in [-0.15, -0.1) is 0 Å². The lowest BCUT2D eigenvalue weighted by Crippen LogP contribution is -2.02. The molecule has 0 saturated heterocycles. The van der Waals surface area contributed by atoms with Gasteiger partial charge in [0.05, 0.1) is 18.1 Å². The highest BCUT2D eigenvalue weighted by Crippen LogP contribution is 2.33. The number of hydrogen-bond donors (Lipinski definition) is 1. The van der Waals surface area contributed by atoms with E-state index in [9.17, 15) is 10.1 Å². The Balaban J connectivity index is 2.38. The third-order valence-corrected chi connectivity index (χ3v) is 3.09. The highest BCUT2D eigenvalue weighted by Gasteiger charge is 2.12. The Morgan fingerprint density at radius 2 is 1.90 bits per heavy atom. The maximum Gasteiger partial charge on any atom is 0.273 e. The maximum atomic E-state index is 10.8. The minimum absolute atomic E-state index is 0.0188. The van der Waals surface area contributed by atoms with Crippen LogP contribution in [0.4, 0.5) is 5.69 Å². The van der Waals surface area contributed by atoms with Gasteiger partial charge in [0, 0.05) is 11.6 Å². The summed E-state index contributed by atoms with van der Waals surface area (Å²) in [6.07, 6.45) is 0.831. The van der Waals surface area contributed by atoms with Crippen molar-refractivity contribution in [3.05, 3.63) is 58.1 Å². The van der Waals surface area contributed by atoms with Crippen LogP contribution in [-0.2, 0) is 6.42 Å². The van der Waals surface area contributed by atoms with Gasteiger partial charge in [-0.2, -0.15) is 0 Å². The molecule has 0 aliphatic rings. The first kappa shape index (κ1) is 14.0. The number of methoxy groups -OCH3 is 1. The molecule has 0 saturated carbocycles. The molecule has 2 rings (SSSR count). The number of ether oxygens (including phenoxy) is 1. The van der Waals surface area contributed by atoms with E-state index in [4.69, 9.17) is 10.5 Å². The Kier molecular flexibility index (Phi) is 4.32. The smallest absolute Gasteiger partial charge is 0.273 e. The maximum absolute atomic E-state index is 10.8. The van der Waals surface area contributed by atoms with Gasteiger partial charge in [0.1, 0.15) is 5.75 Å². The summed E-state index contributed by atoms with van der Waals surface area (Å²) in [4.78, 5) is 10.3. The molecule has 5 nitrogen and oxygen atoms in total. The molecular formula is C15H16N2O3. The topological polar surface area (TPSA) is 78.4 Å². The molecule has 0 aromatic heterocycles. The van der Waals surface area contributed by atoms with E-state index in [0.717, 1.165) is 23.1 Å². The number of benzene rings is 2. The zero-order valence-electron chi connectivity index (χ0n) is 11.2. The molecule has 0 atom stereocenters. The Labute approximate surface area is 117 Å². The minimum atomic E-state index is -0.434. The quantitative estimate of drug-likeness (QED) is 0.670. The average Bonchev–Trinajstić information content (AvgIpc) is 2.47. The Morgan fingerprint density at radius 1 is 1.20 bits per heavy atom. The number of nitro benzene ring substituents is 1. The van der Waals surface area contributed by atoms with Crippen LogP contribution in [0.3, 0.4) is 0 Å². The van der Waals surface area contributed by atoms with E-state index in [-0.39, 0.29) is 5.69 Å². The molecule has 0 spiro atoms.